The second-order valence-corrected chi connectivity index (χ2v) is 4.24. The molecule has 0 nitrogen and oxygen atoms in total. The van der Waals surface area contributed by atoms with Gasteiger partial charge >= 0.3 is 0 Å². The average Bonchev–Trinajstić information content (AvgIpc) is 2.21. The van der Waals surface area contributed by atoms with Gasteiger partial charge in [-0.3, -0.25) is 0 Å². The Morgan fingerprint density at radius 2 is 1.36 bits per heavy atom. The highest BCUT2D eigenvalue weighted by molar-refractivity contribution is 6.17. The highest BCUT2D eigenvalue weighted by Crippen LogP contribution is 2.06. The summed E-state index contributed by atoms with van der Waals surface area (Å²) in [6.45, 7) is 2.26. The molecule has 0 aromatic carbocycles. The van der Waals surface area contributed by atoms with Crippen LogP contribution in [-0.4, -0.2) is 5.88 Å². The fraction of sp³-hybridized carbons (Fsp3) is 0.846. The molecule has 84 valence electrons. The van der Waals surface area contributed by atoms with Crippen molar-refractivity contribution in [2.24, 2.45) is 0 Å². The fourth-order valence-corrected chi connectivity index (χ4v) is 1.65. The largest absolute Gasteiger partial charge is 0.127 e. The highest BCUT2D eigenvalue weighted by atomic mass is 35.5. The van der Waals surface area contributed by atoms with E-state index in [-0.39, 0.29) is 0 Å². The van der Waals surface area contributed by atoms with Crippen LogP contribution in [0.2, 0.25) is 0 Å². The molecule has 0 aliphatic heterocycles. The van der Waals surface area contributed by atoms with Crippen molar-refractivity contribution in [2.75, 3.05) is 5.88 Å². The molecule has 0 aliphatic carbocycles. The van der Waals surface area contributed by atoms with Crippen molar-refractivity contribution in [3.05, 3.63) is 12.2 Å². The maximum Gasteiger partial charge on any atom is 0.0223 e. The third-order valence-corrected chi connectivity index (χ3v) is 2.66. The first-order chi connectivity index (χ1) is 6.91. The van der Waals surface area contributed by atoms with Gasteiger partial charge in [-0.15, -0.1) is 11.6 Å². The Hall–Kier alpha value is 0.0300. The van der Waals surface area contributed by atoms with Gasteiger partial charge in [-0.1, -0.05) is 44.8 Å². The lowest BCUT2D eigenvalue weighted by molar-refractivity contribution is 0.637. The molecule has 0 aromatic rings. The van der Waals surface area contributed by atoms with Crippen molar-refractivity contribution in [3.8, 4) is 0 Å². The monoisotopic (exact) mass is 216 g/mol. The number of unbranched alkanes of at least 4 members (excludes halogenated alkanes) is 7. The zero-order valence-electron chi connectivity index (χ0n) is 9.60. The minimum Gasteiger partial charge on any atom is -0.127 e. The van der Waals surface area contributed by atoms with Crippen LogP contribution in [0.5, 0.6) is 0 Å². The van der Waals surface area contributed by atoms with Gasteiger partial charge in [0.1, 0.15) is 0 Å². The average molecular weight is 217 g/mol. The van der Waals surface area contributed by atoms with E-state index in [2.05, 4.69) is 19.1 Å². The molecule has 0 saturated carbocycles. The van der Waals surface area contributed by atoms with Crippen molar-refractivity contribution in [2.45, 2.75) is 64.7 Å². The summed E-state index contributed by atoms with van der Waals surface area (Å²) in [5.74, 6) is 0.810. The molecule has 0 aliphatic rings. The van der Waals surface area contributed by atoms with Crippen LogP contribution in [0.3, 0.4) is 0 Å². The summed E-state index contributed by atoms with van der Waals surface area (Å²) < 4.78 is 0. The predicted molar refractivity (Wildman–Crippen MR) is 67.1 cm³/mol. The Morgan fingerprint density at radius 1 is 0.786 bits per heavy atom. The fourth-order valence-electron chi connectivity index (χ4n) is 1.46. The molecule has 0 heterocycles. The van der Waals surface area contributed by atoms with Crippen molar-refractivity contribution in [1.29, 1.82) is 0 Å². The first-order valence-electron chi connectivity index (χ1n) is 6.12. The molecule has 0 atom stereocenters. The van der Waals surface area contributed by atoms with E-state index in [1.807, 2.05) is 0 Å². The minimum absolute atomic E-state index is 0.810. The SMILES string of the molecule is CCCCCCC/C=C/CCCCCl. The molecule has 1 heteroatoms. The molecule has 0 unspecified atom stereocenters. The van der Waals surface area contributed by atoms with Crippen LogP contribution < -0.4 is 0 Å². The van der Waals surface area contributed by atoms with Crippen molar-refractivity contribution >= 4 is 11.6 Å². The Bertz CT molecular complexity index is 118. The van der Waals surface area contributed by atoms with Crippen LogP contribution in [0.15, 0.2) is 12.2 Å². The van der Waals surface area contributed by atoms with E-state index in [1.165, 1.54) is 51.4 Å². The quantitative estimate of drug-likeness (QED) is 0.264. The molecule has 0 amide bonds. The van der Waals surface area contributed by atoms with Gasteiger partial charge < -0.3 is 0 Å². The third-order valence-electron chi connectivity index (χ3n) is 2.40. The molecule has 0 N–H and O–H groups in total. The maximum absolute atomic E-state index is 5.59. The van der Waals surface area contributed by atoms with E-state index in [9.17, 15) is 0 Å². The summed E-state index contributed by atoms with van der Waals surface area (Å²) in [5.41, 5.74) is 0. The van der Waals surface area contributed by atoms with E-state index in [1.54, 1.807) is 0 Å². The summed E-state index contributed by atoms with van der Waals surface area (Å²) in [6, 6.07) is 0. The number of hydrogen-bond acceptors (Lipinski definition) is 0. The molecule has 0 aromatic heterocycles. The Morgan fingerprint density at radius 3 is 1.93 bits per heavy atom. The first kappa shape index (κ1) is 14.0. The highest BCUT2D eigenvalue weighted by Gasteiger charge is 1.86. The van der Waals surface area contributed by atoms with Gasteiger partial charge in [-0.2, -0.15) is 0 Å². The van der Waals surface area contributed by atoms with Gasteiger partial charge in [0.05, 0.1) is 0 Å². The van der Waals surface area contributed by atoms with Crippen LogP contribution in [0.1, 0.15) is 64.7 Å². The lowest BCUT2D eigenvalue weighted by Crippen LogP contribution is -1.77. The molecular formula is C13H25Cl. The zero-order chi connectivity index (χ0) is 10.5. The molecule has 0 rings (SSSR count). The van der Waals surface area contributed by atoms with Crippen LogP contribution >= 0.6 is 11.6 Å². The number of rotatable bonds is 10. The smallest absolute Gasteiger partial charge is 0.0223 e. The Balaban J connectivity index is 2.96. The van der Waals surface area contributed by atoms with E-state index in [0.717, 1.165) is 12.3 Å². The molecule has 0 bridgehead atoms. The lowest BCUT2D eigenvalue weighted by atomic mass is 10.1. The molecule has 0 fully saturated rings. The summed E-state index contributed by atoms with van der Waals surface area (Å²) in [4.78, 5) is 0. The van der Waals surface area contributed by atoms with Gasteiger partial charge in [0.15, 0.2) is 0 Å². The van der Waals surface area contributed by atoms with E-state index >= 15 is 0 Å². The van der Waals surface area contributed by atoms with Crippen LogP contribution in [0, 0.1) is 0 Å². The number of alkyl halides is 1. The van der Waals surface area contributed by atoms with Crippen LogP contribution in [0.25, 0.3) is 0 Å². The minimum atomic E-state index is 0.810. The van der Waals surface area contributed by atoms with Crippen LogP contribution in [-0.2, 0) is 0 Å². The van der Waals surface area contributed by atoms with Crippen molar-refractivity contribution in [1.82, 2.24) is 0 Å². The van der Waals surface area contributed by atoms with Crippen molar-refractivity contribution < 1.29 is 0 Å². The first-order valence-corrected chi connectivity index (χ1v) is 6.66. The second-order valence-electron chi connectivity index (χ2n) is 3.86. The van der Waals surface area contributed by atoms with Gasteiger partial charge in [-0.25, -0.2) is 0 Å². The molecule has 0 radical (unpaired) electrons. The van der Waals surface area contributed by atoms with E-state index in [0.29, 0.717) is 0 Å². The zero-order valence-corrected chi connectivity index (χ0v) is 10.4. The summed E-state index contributed by atoms with van der Waals surface area (Å²) in [7, 11) is 0. The van der Waals surface area contributed by atoms with E-state index < -0.39 is 0 Å². The third kappa shape index (κ3) is 12.0. The lowest BCUT2D eigenvalue weighted by Gasteiger charge is -1.96. The molecule has 0 spiro atoms. The van der Waals surface area contributed by atoms with E-state index in [4.69, 9.17) is 11.6 Å². The Kier molecular flexibility index (Phi) is 13.1. The maximum atomic E-state index is 5.59. The van der Waals surface area contributed by atoms with Gasteiger partial charge in [0.25, 0.3) is 0 Å². The standard InChI is InChI=1S/C13H25Cl/c1-2-3-4-5-6-7-8-9-10-11-12-13-14/h8-9H,2-7,10-13H2,1H3/b9-8+. The van der Waals surface area contributed by atoms with Gasteiger partial charge in [0, 0.05) is 5.88 Å². The molecule has 14 heavy (non-hydrogen) atoms. The number of hydrogen-bond donors (Lipinski definition) is 0. The Labute approximate surface area is 94.7 Å². The summed E-state index contributed by atoms with van der Waals surface area (Å²) >= 11 is 5.59. The van der Waals surface area contributed by atoms with Gasteiger partial charge in [-0.05, 0) is 32.1 Å². The number of halogens is 1. The normalized spacial score (nSPS) is 11.3. The summed E-state index contributed by atoms with van der Waals surface area (Å²) in [5, 5.41) is 0. The topological polar surface area (TPSA) is 0 Å². The summed E-state index contributed by atoms with van der Waals surface area (Å²) in [6.07, 6.45) is 16.5. The number of allylic oxidation sites excluding steroid dienone is 2. The predicted octanol–water partition coefficient (Wildman–Crippen LogP) is 5.31. The molecule has 0 saturated heterocycles. The van der Waals surface area contributed by atoms with Gasteiger partial charge in [0.2, 0.25) is 0 Å². The van der Waals surface area contributed by atoms with Crippen molar-refractivity contribution in [3.63, 3.8) is 0 Å². The second kappa shape index (κ2) is 13.0. The van der Waals surface area contributed by atoms with Crippen LogP contribution in [0.4, 0.5) is 0 Å². The molecular weight excluding hydrogens is 192 g/mol.